The fourth-order valence-electron chi connectivity index (χ4n) is 3.59. The van der Waals surface area contributed by atoms with E-state index in [0.717, 1.165) is 24.1 Å². The predicted molar refractivity (Wildman–Crippen MR) is 117 cm³/mol. The lowest BCUT2D eigenvalue weighted by molar-refractivity contribution is -0.128. The maximum absolute atomic E-state index is 13.1. The third kappa shape index (κ3) is 5.92. The van der Waals surface area contributed by atoms with Gasteiger partial charge in [0.1, 0.15) is 6.04 Å². The lowest BCUT2D eigenvalue weighted by atomic mass is 10.0. The van der Waals surface area contributed by atoms with Crippen LogP contribution in [0.4, 0.5) is 5.69 Å². The summed E-state index contributed by atoms with van der Waals surface area (Å²) in [7, 11) is 0. The predicted octanol–water partition coefficient (Wildman–Crippen LogP) is 3.65. The minimum absolute atomic E-state index is 0.157. The van der Waals surface area contributed by atoms with E-state index >= 15 is 0 Å². The highest BCUT2D eigenvalue weighted by atomic mass is 16.2. The Hall–Kier alpha value is -3.15. The van der Waals surface area contributed by atoms with E-state index in [1.54, 1.807) is 0 Å². The molecule has 1 aliphatic heterocycles. The fraction of sp³-hybridized carbons (Fsp3) is 0.375. The van der Waals surface area contributed by atoms with Gasteiger partial charge in [-0.3, -0.25) is 14.4 Å². The van der Waals surface area contributed by atoms with Crippen molar-refractivity contribution in [3.8, 4) is 0 Å². The summed E-state index contributed by atoms with van der Waals surface area (Å²) in [5.41, 5.74) is 2.33. The molecule has 0 spiro atoms. The summed E-state index contributed by atoms with van der Waals surface area (Å²) >= 11 is 0. The highest BCUT2D eigenvalue weighted by Gasteiger charge is 2.24. The summed E-state index contributed by atoms with van der Waals surface area (Å²) in [4.78, 5) is 39.1. The number of carbonyl (C=O) groups is 3. The fourth-order valence-corrected chi connectivity index (χ4v) is 3.59. The first-order valence-corrected chi connectivity index (χ1v) is 10.4. The number of amides is 3. The number of nitrogens with one attached hydrogen (secondary N) is 2. The first kappa shape index (κ1) is 21.6. The minimum atomic E-state index is -0.777. The molecule has 0 aliphatic carbocycles. The maximum Gasteiger partial charge on any atom is 0.251 e. The zero-order valence-electron chi connectivity index (χ0n) is 17.6. The molecule has 2 N–H and O–H groups in total. The van der Waals surface area contributed by atoms with Crippen LogP contribution in [-0.4, -0.2) is 29.2 Å². The number of anilines is 1. The van der Waals surface area contributed by atoms with Gasteiger partial charge in [0.15, 0.2) is 0 Å². The number of benzene rings is 2. The van der Waals surface area contributed by atoms with Gasteiger partial charge in [-0.15, -0.1) is 0 Å². The van der Waals surface area contributed by atoms with E-state index in [1.807, 2.05) is 73.3 Å². The van der Waals surface area contributed by atoms with Crippen molar-refractivity contribution in [1.29, 1.82) is 0 Å². The van der Waals surface area contributed by atoms with E-state index in [-0.39, 0.29) is 23.6 Å². The van der Waals surface area contributed by atoms with Gasteiger partial charge in [0.05, 0.1) is 0 Å². The second kappa shape index (κ2) is 10.1. The molecule has 6 nitrogen and oxygen atoms in total. The van der Waals surface area contributed by atoms with Gasteiger partial charge < -0.3 is 15.5 Å². The molecule has 6 heteroatoms. The van der Waals surface area contributed by atoms with Crippen molar-refractivity contribution in [3.63, 3.8) is 0 Å². The average Bonchev–Trinajstić information content (AvgIpc) is 3.11. The quantitative estimate of drug-likeness (QED) is 0.701. The Morgan fingerprint density at radius 1 is 1.07 bits per heavy atom. The van der Waals surface area contributed by atoms with Crippen LogP contribution in [0, 0.1) is 5.92 Å². The van der Waals surface area contributed by atoms with Gasteiger partial charge in [-0.25, -0.2) is 0 Å². The smallest absolute Gasteiger partial charge is 0.251 e. The monoisotopic (exact) mass is 407 g/mol. The van der Waals surface area contributed by atoms with Crippen molar-refractivity contribution in [1.82, 2.24) is 10.2 Å². The Balaban J connectivity index is 1.72. The van der Waals surface area contributed by atoms with E-state index in [2.05, 4.69) is 10.6 Å². The van der Waals surface area contributed by atoms with Crippen LogP contribution in [0.15, 0.2) is 54.6 Å². The van der Waals surface area contributed by atoms with Crippen LogP contribution in [0.25, 0.3) is 0 Å². The molecule has 1 heterocycles. The Kier molecular flexibility index (Phi) is 7.22. The van der Waals surface area contributed by atoms with Gasteiger partial charge in [0, 0.05) is 31.6 Å². The van der Waals surface area contributed by atoms with Crippen LogP contribution in [0.2, 0.25) is 0 Å². The molecular weight excluding hydrogens is 378 g/mol. The number of hydrogen-bond donors (Lipinski definition) is 2. The van der Waals surface area contributed by atoms with Crippen molar-refractivity contribution in [2.75, 3.05) is 11.9 Å². The van der Waals surface area contributed by atoms with E-state index in [9.17, 15) is 14.4 Å². The number of hydrogen-bond acceptors (Lipinski definition) is 3. The van der Waals surface area contributed by atoms with Gasteiger partial charge in [0.25, 0.3) is 5.91 Å². The van der Waals surface area contributed by atoms with Crippen molar-refractivity contribution in [2.24, 2.45) is 5.92 Å². The SMILES string of the molecule is CC(C)CC(=O)NC(C(=O)Nc1cccc(CN2CCCC2=O)c1)c1ccccc1. The molecule has 1 saturated heterocycles. The summed E-state index contributed by atoms with van der Waals surface area (Å²) in [6, 6.07) is 15.9. The zero-order chi connectivity index (χ0) is 21.5. The number of likely N-dealkylation sites (tertiary alicyclic amines) is 1. The molecule has 158 valence electrons. The number of carbonyl (C=O) groups excluding carboxylic acids is 3. The molecule has 0 aromatic heterocycles. The Morgan fingerprint density at radius 3 is 2.50 bits per heavy atom. The molecule has 0 radical (unpaired) electrons. The normalized spacial score (nSPS) is 14.6. The van der Waals surface area contributed by atoms with E-state index < -0.39 is 6.04 Å². The standard InChI is InChI=1S/C24H29N3O3/c1-17(2)14-21(28)26-23(19-9-4-3-5-10-19)24(30)25-20-11-6-8-18(15-20)16-27-13-7-12-22(27)29/h3-6,8-11,15,17,23H,7,12-14,16H2,1-2H3,(H,25,30)(H,26,28). The summed E-state index contributed by atoms with van der Waals surface area (Å²) in [6.07, 6.45) is 1.85. The lowest BCUT2D eigenvalue weighted by Gasteiger charge is -2.20. The molecule has 1 unspecified atom stereocenters. The highest BCUT2D eigenvalue weighted by molar-refractivity contribution is 5.98. The van der Waals surface area contributed by atoms with Crippen LogP contribution < -0.4 is 10.6 Å². The maximum atomic E-state index is 13.1. The molecule has 3 rings (SSSR count). The van der Waals surface area contributed by atoms with Gasteiger partial charge in [-0.2, -0.15) is 0 Å². The molecule has 2 aromatic carbocycles. The molecule has 2 aromatic rings. The molecule has 3 amide bonds. The second-order valence-corrected chi connectivity index (χ2v) is 8.12. The molecule has 0 saturated carbocycles. The Bertz CT molecular complexity index is 896. The highest BCUT2D eigenvalue weighted by Crippen LogP contribution is 2.20. The van der Waals surface area contributed by atoms with Gasteiger partial charge in [0.2, 0.25) is 11.8 Å². The molecule has 30 heavy (non-hydrogen) atoms. The lowest BCUT2D eigenvalue weighted by Crippen LogP contribution is -2.37. The molecule has 1 fully saturated rings. The van der Waals surface area contributed by atoms with Crippen LogP contribution in [-0.2, 0) is 20.9 Å². The van der Waals surface area contributed by atoms with Crippen LogP contribution in [0.1, 0.15) is 50.3 Å². The Labute approximate surface area is 177 Å². The largest absolute Gasteiger partial charge is 0.341 e. The zero-order valence-corrected chi connectivity index (χ0v) is 17.6. The average molecular weight is 408 g/mol. The summed E-state index contributed by atoms with van der Waals surface area (Å²) in [5, 5.41) is 5.78. The summed E-state index contributed by atoms with van der Waals surface area (Å²) < 4.78 is 0. The third-order valence-electron chi connectivity index (χ3n) is 5.03. The first-order chi connectivity index (χ1) is 14.4. The van der Waals surface area contributed by atoms with Crippen molar-refractivity contribution < 1.29 is 14.4 Å². The molecule has 0 bridgehead atoms. The van der Waals surface area contributed by atoms with Crippen LogP contribution in [0.5, 0.6) is 0 Å². The van der Waals surface area contributed by atoms with E-state index in [1.165, 1.54) is 0 Å². The van der Waals surface area contributed by atoms with Crippen molar-refractivity contribution >= 4 is 23.4 Å². The van der Waals surface area contributed by atoms with Crippen LogP contribution in [0.3, 0.4) is 0 Å². The van der Waals surface area contributed by atoms with Crippen LogP contribution >= 0.6 is 0 Å². The van der Waals surface area contributed by atoms with E-state index in [0.29, 0.717) is 25.1 Å². The number of rotatable bonds is 8. The summed E-state index contributed by atoms with van der Waals surface area (Å²) in [5.74, 6) is -0.0843. The van der Waals surface area contributed by atoms with E-state index in [4.69, 9.17) is 0 Å². The van der Waals surface area contributed by atoms with Gasteiger partial charge in [-0.05, 0) is 35.6 Å². The third-order valence-corrected chi connectivity index (χ3v) is 5.03. The second-order valence-electron chi connectivity index (χ2n) is 8.12. The van der Waals surface area contributed by atoms with Crippen molar-refractivity contribution in [3.05, 3.63) is 65.7 Å². The molecule has 1 atom stereocenters. The number of nitrogens with zero attached hydrogens (tertiary/aromatic N) is 1. The Morgan fingerprint density at radius 2 is 1.83 bits per heavy atom. The van der Waals surface area contributed by atoms with Gasteiger partial charge >= 0.3 is 0 Å². The van der Waals surface area contributed by atoms with Crippen molar-refractivity contribution in [2.45, 2.75) is 45.7 Å². The molecule has 1 aliphatic rings. The molecular formula is C24H29N3O3. The first-order valence-electron chi connectivity index (χ1n) is 10.4. The minimum Gasteiger partial charge on any atom is -0.341 e. The summed E-state index contributed by atoms with van der Waals surface area (Å²) in [6.45, 7) is 5.24. The topological polar surface area (TPSA) is 78.5 Å². The van der Waals surface area contributed by atoms with Gasteiger partial charge in [-0.1, -0.05) is 56.3 Å².